The molecule has 0 saturated carbocycles. The van der Waals surface area contributed by atoms with E-state index in [4.69, 9.17) is 35.4 Å². The van der Waals surface area contributed by atoms with Crippen LogP contribution in [0.2, 0.25) is 10.0 Å². The van der Waals surface area contributed by atoms with Crippen molar-refractivity contribution in [3.05, 3.63) is 68.8 Å². The molecule has 2 heterocycles. The molecular weight excluding hydrogens is 385 g/mol. The Morgan fingerprint density at radius 2 is 2.12 bits per heavy atom. The second-order valence-electron chi connectivity index (χ2n) is 4.69. The Labute approximate surface area is 158 Å². The number of nitrogens with zero attached hydrogens (tertiary/aromatic N) is 3. The lowest BCUT2D eigenvalue weighted by Crippen LogP contribution is -2.22. The molecule has 3 rings (SSSR count). The van der Waals surface area contributed by atoms with Gasteiger partial charge in [-0.05, 0) is 42.1 Å². The zero-order valence-corrected chi connectivity index (χ0v) is 15.2. The van der Waals surface area contributed by atoms with E-state index in [0.717, 1.165) is 5.56 Å². The number of hydrogen-bond acceptors (Lipinski definition) is 5. The van der Waals surface area contributed by atoms with E-state index in [1.54, 1.807) is 42.7 Å². The van der Waals surface area contributed by atoms with Crippen molar-refractivity contribution in [2.24, 2.45) is 5.10 Å². The minimum absolute atomic E-state index is 0.282. The molecule has 1 saturated heterocycles. The Kier molecular flexibility index (Phi) is 5.30. The van der Waals surface area contributed by atoms with Crippen LogP contribution in [0.1, 0.15) is 11.1 Å². The van der Waals surface area contributed by atoms with Gasteiger partial charge in [0.2, 0.25) is 0 Å². The Bertz CT molecular complexity index is 869. The van der Waals surface area contributed by atoms with E-state index >= 15 is 0 Å². The second-order valence-corrected chi connectivity index (χ2v) is 7.21. The number of thioether (sulfide) groups is 1. The van der Waals surface area contributed by atoms with Crippen molar-refractivity contribution in [2.45, 2.75) is 0 Å². The number of benzene rings is 1. The summed E-state index contributed by atoms with van der Waals surface area (Å²) in [7, 11) is 0. The third-order valence-corrected chi connectivity index (χ3v) is 4.88. The fraction of sp³-hybridized carbons (Fsp3) is 0. The van der Waals surface area contributed by atoms with E-state index in [2.05, 4.69) is 10.1 Å². The van der Waals surface area contributed by atoms with Crippen LogP contribution < -0.4 is 0 Å². The van der Waals surface area contributed by atoms with Crippen LogP contribution >= 0.6 is 47.2 Å². The summed E-state index contributed by atoms with van der Waals surface area (Å²) in [5, 5.41) is 6.30. The van der Waals surface area contributed by atoms with Crippen molar-refractivity contribution in [1.82, 2.24) is 9.99 Å². The summed E-state index contributed by atoms with van der Waals surface area (Å²) >= 11 is 18.4. The molecule has 0 radical (unpaired) electrons. The maximum absolute atomic E-state index is 12.4. The lowest BCUT2D eigenvalue weighted by Gasteiger charge is -2.06. The number of carbonyl (C=O) groups excluding carboxylic acids is 1. The maximum atomic E-state index is 12.4. The second kappa shape index (κ2) is 7.44. The first kappa shape index (κ1) is 17.1. The molecule has 0 bridgehead atoms. The summed E-state index contributed by atoms with van der Waals surface area (Å²) in [5.74, 6) is -0.282. The molecule has 24 heavy (non-hydrogen) atoms. The van der Waals surface area contributed by atoms with E-state index < -0.39 is 0 Å². The Balaban J connectivity index is 1.82. The van der Waals surface area contributed by atoms with Crippen LogP contribution in [0.25, 0.3) is 6.08 Å². The molecular formula is C16H9Cl2N3OS2. The van der Waals surface area contributed by atoms with Crippen LogP contribution in [0.5, 0.6) is 0 Å². The molecule has 0 unspecified atom stereocenters. The van der Waals surface area contributed by atoms with Gasteiger partial charge in [0, 0.05) is 23.0 Å². The zero-order chi connectivity index (χ0) is 17.1. The SMILES string of the molecule is O=C1/C(=C/c2cccnc2)SC(=S)N1/N=C/c1ccc(Cl)cc1Cl. The summed E-state index contributed by atoms with van der Waals surface area (Å²) in [5.41, 5.74) is 1.47. The minimum Gasteiger partial charge on any atom is -0.266 e. The topological polar surface area (TPSA) is 45.6 Å². The number of halogens is 2. The minimum atomic E-state index is -0.282. The summed E-state index contributed by atoms with van der Waals surface area (Å²) < 4.78 is 0.358. The molecule has 2 aromatic rings. The fourth-order valence-electron chi connectivity index (χ4n) is 1.90. The van der Waals surface area contributed by atoms with Crippen molar-refractivity contribution < 1.29 is 4.79 Å². The summed E-state index contributed by atoms with van der Waals surface area (Å²) in [6.45, 7) is 0. The van der Waals surface area contributed by atoms with E-state index in [1.165, 1.54) is 23.0 Å². The lowest BCUT2D eigenvalue weighted by atomic mass is 10.2. The molecule has 0 aliphatic carbocycles. The van der Waals surface area contributed by atoms with E-state index in [0.29, 0.717) is 24.8 Å². The van der Waals surface area contributed by atoms with Crippen LogP contribution in [0.4, 0.5) is 0 Å². The predicted molar refractivity (Wildman–Crippen MR) is 103 cm³/mol. The van der Waals surface area contributed by atoms with Gasteiger partial charge in [-0.15, -0.1) is 0 Å². The molecule has 1 aromatic heterocycles. The number of thiocarbonyl (C=S) groups is 1. The average molecular weight is 394 g/mol. The third kappa shape index (κ3) is 3.84. The highest BCUT2D eigenvalue weighted by Crippen LogP contribution is 2.32. The van der Waals surface area contributed by atoms with Crippen LogP contribution in [-0.4, -0.2) is 26.4 Å². The van der Waals surface area contributed by atoms with Gasteiger partial charge in [0.1, 0.15) is 0 Å². The molecule has 8 heteroatoms. The first-order valence-electron chi connectivity index (χ1n) is 6.71. The third-order valence-electron chi connectivity index (χ3n) is 3.03. The average Bonchev–Trinajstić information content (AvgIpc) is 2.82. The molecule has 1 aromatic carbocycles. The van der Waals surface area contributed by atoms with E-state index in [-0.39, 0.29) is 5.91 Å². The number of aromatic nitrogens is 1. The smallest absolute Gasteiger partial charge is 0.266 e. The Morgan fingerprint density at radius 3 is 2.83 bits per heavy atom. The molecule has 0 spiro atoms. The standard InChI is InChI=1S/C16H9Cl2N3OS2/c17-12-4-3-11(13(18)7-12)9-20-21-15(22)14(24-16(21)23)6-10-2-1-5-19-8-10/h1-9H/b14-6-,20-9+. The molecule has 0 N–H and O–H groups in total. The van der Waals surface area contributed by atoms with Crippen LogP contribution in [0.3, 0.4) is 0 Å². The highest BCUT2D eigenvalue weighted by molar-refractivity contribution is 8.26. The van der Waals surface area contributed by atoms with Gasteiger partial charge in [0.25, 0.3) is 5.91 Å². The van der Waals surface area contributed by atoms with Gasteiger partial charge < -0.3 is 0 Å². The first-order chi connectivity index (χ1) is 11.5. The zero-order valence-electron chi connectivity index (χ0n) is 12.0. The number of hydrazone groups is 1. The fourth-order valence-corrected chi connectivity index (χ4v) is 3.53. The molecule has 0 atom stereocenters. The summed E-state index contributed by atoms with van der Waals surface area (Å²) in [6, 6.07) is 8.68. The first-order valence-corrected chi connectivity index (χ1v) is 8.70. The van der Waals surface area contributed by atoms with E-state index in [1.807, 2.05) is 6.07 Å². The molecule has 120 valence electrons. The maximum Gasteiger partial charge on any atom is 0.286 e. The highest BCUT2D eigenvalue weighted by Gasteiger charge is 2.32. The Hall–Kier alpha value is -1.73. The number of rotatable bonds is 3. The number of carbonyl (C=O) groups is 1. The van der Waals surface area contributed by atoms with Gasteiger partial charge >= 0.3 is 0 Å². The van der Waals surface area contributed by atoms with Gasteiger partial charge in [-0.25, -0.2) is 0 Å². The van der Waals surface area contributed by atoms with Crippen molar-refractivity contribution in [2.75, 3.05) is 0 Å². The lowest BCUT2D eigenvalue weighted by molar-refractivity contribution is -0.122. The van der Waals surface area contributed by atoms with Gasteiger partial charge in [-0.2, -0.15) is 10.1 Å². The van der Waals surface area contributed by atoms with Crippen LogP contribution in [0, 0.1) is 0 Å². The van der Waals surface area contributed by atoms with Crippen LogP contribution in [-0.2, 0) is 4.79 Å². The predicted octanol–water partition coefficient (Wildman–Crippen LogP) is 4.62. The number of hydrogen-bond donors (Lipinski definition) is 0. The summed E-state index contributed by atoms with van der Waals surface area (Å²) in [6.07, 6.45) is 6.56. The van der Waals surface area contributed by atoms with E-state index in [9.17, 15) is 4.79 Å². The van der Waals surface area contributed by atoms with Gasteiger partial charge in [-0.3, -0.25) is 9.78 Å². The molecule has 4 nitrogen and oxygen atoms in total. The van der Waals surface area contributed by atoms with Crippen molar-refractivity contribution in [3.63, 3.8) is 0 Å². The molecule has 1 amide bonds. The molecule has 1 aliphatic heterocycles. The van der Waals surface area contributed by atoms with Crippen LogP contribution in [0.15, 0.2) is 52.7 Å². The van der Waals surface area contributed by atoms with Gasteiger partial charge in [-0.1, -0.05) is 47.1 Å². The Morgan fingerprint density at radius 1 is 1.29 bits per heavy atom. The van der Waals surface area contributed by atoms with Gasteiger partial charge in [0.05, 0.1) is 16.1 Å². The molecule has 1 fully saturated rings. The highest BCUT2D eigenvalue weighted by atomic mass is 35.5. The van der Waals surface area contributed by atoms with Gasteiger partial charge in [0.15, 0.2) is 4.32 Å². The number of pyridine rings is 1. The van der Waals surface area contributed by atoms with Crippen molar-refractivity contribution >= 4 is 69.7 Å². The number of amides is 1. The monoisotopic (exact) mass is 393 g/mol. The largest absolute Gasteiger partial charge is 0.286 e. The summed E-state index contributed by atoms with van der Waals surface area (Å²) in [4.78, 5) is 17.0. The molecule has 1 aliphatic rings. The normalized spacial score (nSPS) is 16.6. The van der Waals surface area contributed by atoms with Crippen molar-refractivity contribution in [1.29, 1.82) is 0 Å². The van der Waals surface area contributed by atoms with Crippen molar-refractivity contribution in [3.8, 4) is 0 Å². The quantitative estimate of drug-likeness (QED) is 0.433.